The first-order chi connectivity index (χ1) is 11.5. The van der Waals surface area contributed by atoms with Gasteiger partial charge in [-0.05, 0) is 60.3 Å². The van der Waals surface area contributed by atoms with Gasteiger partial charge in [-0.3, -0.25) is 4.79 Å². The minimum atomic E-state index is -1.29. The molecule has 7 heteroatoms. The minimum Gasteiger partial charge on any atom is -0.467 e. The van der Waals surface area contributed by atoms with E-state index >= 15 is 0 Å². The molecule has 0 spiro atoms. The fraction of sp³-hybridized carbons (Fsp3) is 0.833. The lowest BCUT2D eigenvalue weighted by molar-refractivity contribution is -0.168. The van der Waals surface area contributed by atoms with Gasteiger partial charge in [-0.1, -0.05) is 6.42 Å². The first-order valence-electron chi connectivity index (χ1n) is 8.76. The Bertz CT molecular complexity index is 488. The van der Waals surface area contributed by atoms with Crippen LogP contribution in [0.2, 0.25) is 0 Å². The van der Waals surface area contributed by atoms with Gasteiger partial charge in [0.15, 0.2) is 0 Å². The number of alkyl carbamates (subject to hydrolysis) is 1. The maximum atomic E-state index is 12.6. The number of rotatable bonds is 5. The SMILES string of the molecule is COC(=O)C(NC(=O)OC(C)(C)C)C(C)(C)C(=O)OC1CCCCC1. The van der Waals surface area contributed by atoms with E-state index in [-0.39, 0.29) is 6.10 Å². The number of ether oxygens (including phenoxy) is 3. The first-order valence-corrected chi connectivity index (χ1v) is 8.76. The Hall–Kier alpha value is -1.79. The van der Waals surface area contributed by atoms with Crippen LogP contribution in [0, 0.1) is 5.41 Å². The average Bonchev–Trinajstić information content (AvgIpc) is 2.51. The molecule has 0 aliphatic heterocycles. The number of hydrogen-bond acceptors (Lipinski definition) is 6. The fourth-order valence-electron chi connectivity index (χ4n) is 2.68. The maximum Gasteiger partial charge on any atom is 0.408 e. The van der Waals surface area contributed by atoms with Gasteiger partial charge in [0.1, 0.15) is 17.7 Å². The van der Waals surface area contributed by atoms with E-state index in [0.717, 1.165) is 32.1 Å². The van der Waals surface area contributed by atoms with Gasteiger partial charge in [0.05, 0.1) is 12.5 Å². The molecule has 0 aromatic carbocycles. The van der Waals surface area contributed by atoms with Crippen LogP contribution in [0.3, 0.4) is 0 Å². The van der Waals surface area contributed by atoms with Crippen LogP contribution in [0.4, 0.5) is 4.79 Å². The normalized spacial score (nSPS) is 17.4. The van der Waals surface area contributed by atoms with Gasteiger partial charge in [-0.2, -0.15) is 0 Å². The third-order valence-electron chi connectivity index (χ3n) is 4.17. The van der Waals surface area contributed by atoms with E-state index < -0.39 is 35.1 Å². The predicted octanol–water partition coefficient (Wildman–Crippen LogP) is 2.95. The average molecular weight is 357 g/mol. The van der Waals surface area contributed by atoms with Gasteiger partial charge in [-0.15, -0.1) is 0 Å². The van der Waals surface area contributed by atoms with Crippen LogP contribution in [0.25, 0.3) is 0 Å². The van der Waals surface area contributed by atoms with Crippen LogP contribution in [0.5, 0.6) is 0 Å². The zero-order valence-electron chi connectivity index (χ0n) is 16.1. The zero-order valence-corrected chi connectivity index (χ0v) is 16.1. The van der Waals surface area contributed by atoms with Crippen molar-refractivity contribution < 1.29 is 28.6 Å². The molecule has 1 atom stereocenters. The van der Waals surface area contributed by atoms with Gasteiger partial charge < -0.3 is 19.5 Å². The molecule has 0 aromatic rings. The number of hydrogen-bond donors (Lipinski definition) is 1. The summed E-state index contributed by atoms with van der Waals surface area (Å²) < 4.78 is 15.5. The van der Waals surface area contributed by atoms with Crippen molar-refractivity contribution in [3.63, 3.8) is 0 Å². The van der Waals surface area contributed by atoms with Gasteiger partial charge in [-0.25, -0.2) is 9.59 Å². The molecule has 1 unspecified atom stereocenters. The summed E-state index contributed by atoms with van der Waals surface area (Å²) in [6.07, 6.45) is 3.91. The largest absolute Gasteiger partial charge is 0.467 e. The number of carbonyl (C=O) groups excluding carboxylic acids is 3. The molecule has 144 valence electrons. The second kappa shape index (κ2) is 8.54. The molecule has 0 heterocycles. The molecule has 1 amide bonds. The molecule has 7 nitrogen and oxygen atoms in total. The van der Waals surface area contributed by atoms with Crippen molar-refractivity contribution in [2.75, 3.05) is 7.11 Å². The van der Waals surface area contributed by atoms with Crippen LogP contribution < -0.4 is 5.32 Å². The molecular formula is C18H31NO6. The lowest BCUT2D eigenvalue weighted by Gasteiger charge is -2.33. The highest BCUT2D eigenvalue weighted by Gasteiger charge is 2.46. The van der Waals surface area contributed by atoms with Crippen LogP contribution >= 0.6 is 0 Å². The second-order valence-electron chi connectivity index (χ2n) is 7.99. The Morgan fingerprint density at radius 3 is 2.04 bits per heavy atom. The number of nitrogens with one attached hydrogen (secondary N) is 1. The van der Waals surface area contributed by atoms with Gasteiger partial charge in [0.25, 0.3) is 0 Å². The third kappa shape index (κ3) is 6.55. The second-order valence-corrected chi connectivity index (χ2v) is 7.99. The summed E-state index contributed by atoms with van der Waals surface area (Å²) in [5.74, 6) is -1.26. The van der Waals surface area contributed by atoms with E-state index in [1.807, 2.05) is 0 Å². The minimum absolute atomic E-state index is 0.139. The van der Waals surface area contributed by atoms with E-state index in [2.05, 4.69) is 5.32 Å². The van der Waals surface area contributed by atoms with Crippen molar-refractivity contribution in [2.45, 2.75) is 84.5 Å². The molecule has 0 aromatic heterocycles. The molecule has 1 aliphatic carbocycles. The zero-order chi connectivity index (χ0) is 19.3. The first kappa shape index (κ1) is 21.3. The summed E-state index contributed by atoms with van der Waals surface area (Å²) >= 11 is 0. The summed E-state index contributed by atoms with van der Waals surface area (Å²) in [4.78, 5) is 36.9. The molecule has 1 saturated carbocycles. The lowest BCUT2D eigenvalue weighted by atomic mass is 9.84. The van der Waals surface area contributed by atoms with Gasteiger partial charge >= 0.3 is 18.0 Å². The summed E-state index contributed by atoms with van der Waals surface area (Å²) in [5, 5.41) is 2.45. The number of methoxy groups -OCH3 is 1. The Balaban J connectivity index is 2.85. The smallest absolute Gasteiger partial charge is 0.408 e. The van der Waals surface area contributed by atoms with Crippen molar-refractivity contribution >= 4 is 18.0 Å². The molecule has 0 bridgehead atoms. The van der Waals surface area contributed by atoms with E-state index in [1.165, 1.54) is 7.11 Å². The molecule has 1 aliphatic rings. The van der Waals surface area contributed by atoms with E-state index in [4.69, 9.17) is 14.2 Å². The third-order valence-corrected chi connectivity index (χ3v) is 4.17. The number of esters is 2. The van der Waals surface area contributed by atoms with Crippen molar-refractivity contribution in [1.82, 2.24) is 5.32 Å². The summed E-state index contributed by atoms with van der Waals surface area (Å²) in [6.45, 7) is 8.24. The Morgan fingerprint density at radius 1 is 1.00 bits per heavy atom. The molecule has 0 radical (unpaired) electrons. The highest BCUT2D eigenvalue weighted by molar-refractivity contribution is 5.90. The van der Waals surface area contributed by atoms with E-state index in [1.54, 1.807) is 34.6 Å². The predicted molar refractivity (Wildman–Crippen MR) is 91.9 cm³/mol. The van der Waals surface area contributed by atoms with Crippen molar-refractivity contribution in [2.24, 2.45) is 5.41 Å². The lowest BCUT2D eigenvalue weighted by Crippen LogP contribution is -2.55. The summed E-state index contributed by atoms with van der Waals surface area (Å²) in [5.41, 5.74) is -2.01. The van der Waals surface area contributed by atoms with Crippen LogP contribution in [0.1, 0.15) is 66.7 Å². The molecule has 1 fully saturated rings. The topological polar surface area (TPSA) is 90.9 Å². The monoisotopic (exact) mass is 357 g/mol. The molecule has 1 rings (SSSR count). The van der Waals surface area contributed by atoms with Crippen molar-refractivity contribution in [3.8, 4) is 0 Å². The van der Waals surface area contributed by atoms with Crippen LogP contribution in [0.15, 0.2) is 0 Å². The number of carbonyl (C=O) groups is 3. The van der Waals surface area contributed by atoms with Crippen LogP contribution in [-0.2, 0) is 23.8 Å². The quantitative estimate of drug-likeness (QED) is 0.601. The van der Waals surface area contributed by atoms with Crippen molar-refractivity contribution in [1.29, 1.82) is 0 Å². The van der Waals surface area contributed by atoms with Gasteiger partial charge in [0.2, 0.25) is 0 Å². The molecule has 25 heavy (non-hydrogen) atoms. The molecular weight excluding hydrogens is 326 g/mol. The Morgan fingerprint density at radius 2 is 1.56 bits per heavy atom. The summed E-state index contributed by atoms with van der Waals surface area (Å²) in [6, 6.07) is -1.21. The van der Waals surface area contributed by atoms with E-state index in [0.29, 0.717) is 0 Å². The highest BCUT2D eigenvalue weighted by Crippen LogP contribution is 2.28. The summed E-state index contributed by atoms with van der Waals surface area (Å²) in [7, 11) is 1.20. The van der Waals surface area contributed by atoms with Crippen molar-refractivity contribution in [3.05, 3.63) is 0 Å². The van der Waals surface area contributed by atoms with Crippen LogP contribution in [-0.4, -0.2) is 42.9 Å². The molecule has 1 N–H and O–H groups in total. The standard InChI is InChI=1S/C18H31NO6/c1-17(2,3)25-16(22)19-13(14(20)23-6)18(4,5)15(21)24-12-10-8-7-9-11-12/h12-13H,7-11H2,1-6H3,(H,19,22). The number of amides is 1. The fourth-order valence-corrected chi connectivity index (χ4v) is 2.68. The Kier molecular flexibility index (Phi) is 7.26. The highest BCUT2D eigenvalue weighted by atomic mass is 16.6. The van der Waals surface area contributed by atoms with Gasteiger partial charge in [0, 0.05) is 0 Å². The maximum absolute atomic E-state index is 12.6. The Labute approximate surface area is 149 Å². The molecule has 0 saturated heterocycles. The van der Waals surface area contributed by atoms with E-state index in [9.17, 15) is 14.4 Å².